The highest BCUT2D eigenvalue weighted by atomic mass is 28.3. The van der Waals surface area contributed by atoms with Crippen molar-refractivity contribution >= 4 is 13.3 Å². The zero-order chi connectivity index (χ0) is 13.9. The molecule has 0 fully saturated rings. The number of hydrogen-bond donors (Lipinski definition) is 0. The third kappa shape index (κ3) is 2.62. The van der Waals surface area contributed by atoms with Gasteiger partial charge in [0.1, 0.15) is 8.07 Å². The Labute approximate surface area is 119 Å². The Morgan fingerprint density at radius 1 is 0.947 bits per heavy atom. The van der Waals surface area contributed by atoms with Crippen LogP contribution in [0.4, 0.5) is 0 Å². The lowest BCUT2D eigenvalue weighted by Gasteiger charge is -2.34. The molecule has 0 nitrogen and oxygen atoms in total. The molecule has 0 amide bonds. The Bertz CT molecular complexity index is 464. The highest BCUT2D eigenvalue weighted by molar-refractivity contribution is 6.97. The number of benzene rings is 1. The van der Waals surface area contributed by atoms with E-state index in [1.807, 2.05) is 0 Å². The topological polar surface area (TPSA) is 0 Å². The molecule has 0 aliphatic heterocycles. The summed E-state index contributed by atoms with van der Waals surface area (Å²) >= 11 is 0. The molecule has 0 atom stereocenters. The van der Waals surface area contributed by atoms with E-state index in [1.165, 1.54) is 17.7 Å². The quantitative estimate of drug-likeness (QED) is 0.683. The molecule has 0 spiro atoms. The fourth-order valence-electron chi connectivity index (χ4n) is 3.11. The molecule has 0 saturated carbocycles. The molecule has 1 aromatic carbocycles. The van der Waals surface area contributed by atoms with Gasteiger partial charge in [0.05, 0.1) is 0 Å². The summed E-state index contributed by atoms with van der Waals surface area (Å²) in [4.78, 5) is 0. The zero-order valence-corrected chi connectivity index (χ0v) is 13.6. The summed E-state index contributed by atoms with van der Waals surface area (Å²) in [5.41, 5.74) is 3.11. The molecule has 0 saturated heterocycles. The van der Waals surface area contributed by atoms with Gasteiger partial charge in [-0.1, -0.05) is 93.5 Å². The van der Waals surface area contributed by atoms with Crippen LogP contribution in [0.25, 0.3) is 0 Å². The van der Waals surface area contributed by atoms with Crippen molar-refractivity contribution in [3.8, 4) is 0 Å². The molecule has 1 aromatic rings. The van der Waals surface area contributed by atoms with E-state index in [0.29, 0.717) is 5.92 Å². The monoisotopic (exact) mass is 269 g/mol. The van der Waals surface area contributed by atoms with Crippen molar-refractivity contribution in [2.24, 2.45) is 5.92 Å². The van der Waals surface area contributed by atoms with E-state index in [0.717, 1.165) is 0 Å². The van der Waals surface area contributed by atoms with Crippen LogP contribution in [0.15, 0.2) is 54.1 Å². The minimum atomic E-state index is -1.52. The van der Waals surface area contributed by atoms with Gasteiger partial charge in [-0.05, 0) is 11.5 Å². The molecule has 1 aliphatic rings. The smallest absolute Gasteiger partial charge is 0.0757 e. The largest absolute Gasteiger partial charge is 0.101 e. The summed E-state index contributed by atoms with van der Waals surface area (Å²) in [6.07, 6.45) is 7.19. The summed E-state index contributed by atoms with van der Waals surface area (Å²) < 4.78 is 0. The standard InChI is InChI=1S/C18H25Si/c1-5-19(6-2,17-10-8-7-9-11-17)18-13-12-16(14-18)15(3)4/h7-15H,5-6H2,1-4H3. The summed E-state index contributed by atoms with van der Waals surface area (Å²) in [6.45, 7) is 9.29. The van der Waals surface area contributed by atoms with E-state index >= 15 is 0 Å². The maximum Gasteiger partial charge on any atom is 0.101 e. The van der Waals surface area contributed by atoms with Gasteiger partial charge in [0, 0.05) is 5.54 Å². The van der Waals surface area contributed by atoms with E-state index < -0.39 is 8.07 Å². The summed E-state index contributed by atoms with van der Waals surface area (Å²) in [7, 11) is -1.52. The molecule has 0 heterocycles. The van der Waals surface area contributed by atoms with Crippen molar-refractivity contribution in [2.75, 3.05) is 0 Å². The SMILES string of the molecule is CC[Si](CC)([C]1C=CC(C(C)C)=C1)c1ccccc1. The van der Waals surface area contributed by atoms with Crippen molar-refractivity contribution in [3.05, 3.63) is 59.7 Å². The van der Waals surface area contributed by atoms with Gasteiger partial charge in [-0.25, -0.2) is 0 Å². The number of hydrogen-bond acceptors (Lipinski definition) is 0. The van der Waals surface area contributed by atoms with Gasteiger partial charge >= 0.3 is 0 Å². The Morgan fingerprint density at radius 3 is 2.05 bits per heavy atom. The highest BCUT2D eigenvalue weighted by Gasteiger charge is 2.39. The van der Waals surface area contributed by atoms with Gasteiger partial charge in [0.2, 0.25) is 0 Å². The first-order valence-corrected chi connectivity index (χ1v) is 9.88. The van der Waals surface area contributed by atoms with Crippen LogP contribution in [-0.2, 0) is 0 Å². The second kappa shape index (κ2) is 5.92. The summed E-state index contributed by atoms with van der Waals surface area (Å²) in [6, 6.07) is 13.7. The van der Waals surface area contributed by atoms with Crippen LogP contribution < -0.4 is 5.19 Å². The predicted octanol–water partition coefficient (Wildman–Crippen LogP) is 4.65. The van der Waals surface area contributed by atoms with Crippen molar-refractivity contribution < 1.29 is 0 Å². The van der Waals surface area contributed by atoms with Crippen LogP contribution in [0.3, 0.4) is 0 Å². The van der Waals surface area contributed by atoms with Gasteiger partial charge < -0.3 is 0 Å². The zero-order valence-electron chi connectivity index (χ0n) is 12.6. The molecule has 101 valence electrons. The van der Waals surface area contributed by atoms with E-state index in [1.54, 1.807) is 10.7 Å². The average molecular weight is 269 g/mol. The van der Waals surface area contributed by atoms with Crippen molar-refractivity contribution in [1.29, 1.82) is 0 Å². The van der Waals surface area contributed by atoms with Gasteiger partial charge in [-0.2, -0.15) is 0 Å². The van der Waals surface area contributed by atoms with Gasteiger partial charge in [0.25, 0.3) is 0 Å². The van der Waals surface area contributed by atoms with Gasteiger partial charge in [0.15, 0.2) is 0 Å². The summed E-state index contributed by atoms with van der Waals surface area (Å²) in [5, 5.41) is 1.58. The molecule has 0 unspecified atom stereocenters. The van der Waals surface area contributed by atoms with E-state index in [-0.39, 0.29) is 0 Å². The van der Waals surface area contributed by atoms with E-state index in [2.05, 4.69) is 76.3 Å². The molecular weight excluding hydrogens is 244 g/mol. The lowest BCUT2D eigenvalue weighted by Crippen LogP contribution is -2.51. The highest BCUT2D eigenvalue weighted by Crippen LogP contribution is 2.35. The van der Waals surface area contributed by atoms with E-state index in [9.17, 15) is 0 Å². The third-order valence-corrected chi connectivity index (χ3v) is 9.80. The van der Waals surface area contributed by atoms with E-state index in [4.69, 9.17) is 0 Å². The third-order valence-electron chi connectivity index (χ3n) is 4.53. The lowest BCUT2D eigenvalue weighted by atomic mass is 10.1. The van der Waals surface area contributed by atoms with Gasteiger partial charge in [-0.15, -0.1) is 0 Å². The van der Waals surface area contributed by atoms with Gasteiger partial charge in [-0.3, -0.25) is 0 Å². The van der Waals surface area contributed by atoms with Crippen LogP contribution in [0.5, 0.6) is 0 Å². The van der Waals surface area contributed by atoms with Crippen LogP contribution in [0, 0.1) is 11.5 Å². The molecule has 0 aromatic heterocycles. The molecule has 1 aliphatic carbocycles. The maximum absolute atomic E-state index is 2.47. The molecule has 1 radical (unpaired) electrons. The van der Waals surface area contributed by atoms with Crippen LogP contribution in [-0.4, -0.2) is 8.07 Å². The first kappa shape index (κ1) is 14.3. The Balaban J connectivity index is 2.40. The van der Waals surface area contributed by atoms with Crippen molar-refractivity contribution in [3.63, 3.8) is 0 Å². The predicted molar refractivity (Wildman–Crippen MR) is 88.1 cm³/mol. The second-order valence-electron chi connectivity index (χ2n) is 5.74. The first-order chi connectivity index (χ1) is 9.14. The van der Waals surface area contributed by atoms with Crippen LogP contribution >= 0.6 is 0 Å². The molecule has 1 heteroatoms. The molecular formula is C18H25Si. The minimum absolute atomic E-state index is 0.630. The van der Waals surface area contributed by atoms with Crippen molar-refractivity contribution in [1.82, 2.24) is 0 Å². The lowest BCUT2D eigenvalue weighted by molar-refractivity contribution is 0.794. The fraction of sp³-hybridized carbons (Fsp3) is 0.389. The first-order valence-electron chi connectivity index (χ1n) is 7.46. The Kier molecular flexibility index (Phi) is 4.46. The molecule has 2 rings (SSSR count). The van der Waals surface area contributed by atoms with Crippen molar-refractivity contribution in [2.45, 2.75) is 39.8 Å². The normalized spacial score (nSPS) is 16.2. The maximum atomic E-state index is 2.47. The molecule has 0 bridgehead atoms. The Hall–Kier alpha value is -1.08. The molecule has 0 N–H and O–H groups in total. The minimum Gasteiger partial charge on any atom is -0.0757 e. The van der Waals surface area contributed by atoms with Crippen LogP contribution in [0.2, 0.25) is 12.1 Å². The number of rotatable bonds is 5. The Morgan fingerprint density at radius 2 is 1.58 bits per heavy atom. The van der Waals surface area contributed by atoms with Crippen LogP contribution in [0.1, 0.15) is 27.7 Å². The average Bonchev–Trinajstić information content (AvgIpc) is 2.93. The number of allylic oxidation sites excluding steroid dienone is 4. The second-order valence-corrected chi connectivity index (χ2v) is 10.5. The fourth-order valence-corrected chi connectivity index (χ4v) is 7.25. The summed E-state index contributed by atoms with van der Waals surface area (Å²) in [5.74, 6) is 0.630. The molecule has 19 heavy (non-hydrogen) atoms.